The molecule has 0 saturated heterocycles. The summed E-state index contributed by atoms with van der Waals surface area (Å²) in [4.78, 5) is 24.5. The number of hydrogen-bond donors (Lipinski definition) is 3. The van der Waals surface area contributed by atoms with Gasteiger partial charge in [0.1, 0.15) is 0 Å². The molecule has 0 heterocycles. The molecule has 0 fully saturated rings. The summed E-state index contributed by atoms with van der Waals surface area (Å²) < 4.78 is 5.47. The van der Waals surface area contributed by atoms with Crippen molar-refractivity contribution < 1.29 is 24.5 Å². The number of hydrogen-bond acceptors (Lipinski definition) is 5. The Labute approximate surface area is 416 Å². The van der Waals surface area contributed by atoms with Crippen LogP contribution in [0.4, 0.5) is 0 Å². The minimum Gasteiger partial charge on any atom is -0.466 e. The molecule has 0 aromatic rings. The van der Waals surface area contributed by atoms with Gasteiger partial charge >= 0.3 is 5.97 Å². The summed E-state index contributed by atoms with van der Waals surface area (Å²) >= 11 is 0. The minimum atomic E-state index is -0.667. The van der Waals surface area contributed by atoms with Gasteiger partial charge in [0.05, 0.1) is 25.4 Å². The number of aliphatic hydroxyl groups is 2. The largest absolute Gasteiger partial charge is 0.466 e. The van der Waals surface area contributed by atoms with E-state index in [2.05, 4.69) is 67.8 Å². The lowest BCUT2D eigenvalue weighted by Crippen LogP contribution is -2.45. The molecule has 0 spiro atoms. The van der Waals surface area contributed by atoms with Gasteiger partial charge < -0.3 is 20.3 Å². The van der Waals surface area contributed by atoms with Gasteiger partial charge in [-0.2, -0.15) is 0 Å². The number of nitrogens with one attached hydrogen (secondary N) is 1. The molecule has 0 aromatic carbocycles. The molecule has 392 valence electrons. The Morgan fingerprint density at radius 1 is 0.418 bits per heavy atom. The zero-order valence-electron chi connectivity index (χ0n) is 44.6. The van der Waals surface area contributed by atoms with Gasteiger partial charge in [-0.1, -0.05) is 249 Å². The summed E-state index contributed by atoms with van der Waals surface area (Å²) in [5.41, 5.74) is 0. The highest BCUT2D eigenvalue weighted by Gasteiger charge is 2.20. The van der Waals surface area contributed by atoms with E-state index in [4.69, 9.17) is 4.74 Å². The second-order valence-electron chi connectivity index (χ2n) is 20.0. The van der Waals surface area contributed by atoms with Gasteiger partial charge in [-0.15, -0.1) is 0 Å². The van der Waals surface area contributed by atoms with Gasteiger partial charge in [0.25, 0.3) is 0 Å². The van der Waals surface area contributed by atoms with Crippen molar-refractivity contribution in [2.45, 2.75) is 315 Å². The number of rotatable bonds is 54. The van der Waals surface area contributed by atoms with Crippen LogP contribution in [0.25, 0.3) is 0 Å². The van der Waals surface area contributed by atoms with Gasteiger partial charge in [-0.3, -0.25) is 9.59 Å². The molecule has 2 atom stereocenters. The maximum Gasteiger partial charge on any atom is 0.305 e. The Morgan fingerprint density at radius 3 is 1.16 bits per heavy atom. The molecule has 0 aromatic heterocycles. The molecular weight excluding hydrogens is 827 g/mol. The molecule has 1 amide bonds. The monoisotopic (exact) mass is 940 g/mol. The lowest BCUT2D eigenvalue weighted by molar-refractivity contribution is -0.143. The van der Waals surface area contributed by atoms with Crippen LogP contribution in [0.3, 0.4) is 0 Å². The van der Waals surface area contributed by atoms with Gasteiger partial charge in [0, 0.05) is 12.8 Å². The third kappa shape index (κ3) is 53.0. The number of carbonyl (C=O) groups excluding carboxylic acids is 2. The fourth-order valence-corrected chi connectivity index (χ4v) is 8.82. The molecule has 2 unspecified atom stereocenters. The van der Waals surface area contributed by atoms with Crippen LogP contribution in [0.2, 0.25) is 0 Å². The summed E-state index contributed by atoms with van der Waals surface area (Å²) in [5, 5.41) is 23.1. The van der Waals surface area contributed by atoms with E-state index in [-0.39, 0.29) is 18.5 Å². The standard InChI is InChI=1S/C61H113NO5/c1-3-5-7-9-11-13-15-16-28-32-35-39-43-47-51-55-61(66)67-56-52-48-44-40-36-33-30-27-25-23-21-19-17-18-20-22-24-26-29-31-34-38-42-46-50-54-60(65)62-58(57-63)59(64)53-49-45-41-37-14-12-10-8-6-4-2/h11,13,16,18-21,28,58-59,63-64H,3-10,12,14-15,17,22-27,29-57H2,1-2H3,(H,62,65)/b13-11-,20-18-,21-19-,28-16-. The fraction of sp³-hybridized carbons (Fsp3) is 0.836. The van der Waals surface area contributed by atoms with Gasteiger partial charge in [0.15, 0.2) is 0 Å². The molecular formula is C61H113NO5. The van der Waals surface area contributed by atoms with Crippen LogP contribution in [0.5, 0.6) is 0 Å². The summed E-state index contributed by atoms with van der Waals surface area (Å²) in [7, 11) is 0. The number of carbonyl (C=O) groups is 2. The van der Waals surface area contributed by atoms with Crippen LogP contribution < -0.4 is 5.32 Å². The van der Waals surface area contributed by atoms with Crippen LogP contribution in [0.1, 0.15) is 303 Å². The van der Waals surface area contributed by atoms with Crippen molar-refractivity contribution in [1.82, 2.24) is 5.32 Å². The molecule has 0 aliphatic heterocycles. The number of allylic oxidation sites excluding steroid dienone is 8. The van der Waals surface area contributed by atoms with Gasteiger partial charge in [-0.25, -0.2) is 0 Å². The quantitative estimate of drug-likeness (QED) is 0.0321. The zero-order valence-corrected chi connectivity index (χ0v) is 44.6. The normalized spacial score (nSPS) is 13.0. The minimum absolute atomic E-state index is 0.00560. The van der Waals surface area contributed by atoms with E-state index < -0.39 is 12.1 Å². The SMILES string of the molecule is CCCCC/C=C\C/C=C\CCCCCCCC(=O)OCCCCCCCCCCC/C=C\C/C=C\CCCCCCCCCCCC(=O)NC(CO)C(O)CCCCCCCCCCCC. The Morgan fingerprint density at radius 2 is 0.746 bits per heavy atom. The third-order valence-corrected chi connectivity index (χ3v) is 13.4. The van der Waals surface area contributed by atoms with Crippen molar-refractivity contribution in [3.8, 4) is 0 Å². The van der Waals surface area contributed by atoms with E-state index >= 15 is 0 Å². The Bertz CT molecular complexity index is 1130. The van der Waals surface area contributed by atoms with Crippen molar-refractivity contribution in [2.24, 2.45) is 0 Å². The summed E-state index contributed by atoms with van der Waals surface area (Å²) in [6, 6.07) is -0.545. The molecule has 3 N–H and O–H groups in total. The molecule has 6 nitrogen and oxygen atoms in total. The summed E-state index contributed by atoms with van der Waals surface area (Å²) in [5.74, 6) is -0.0490. The summed E-state index contributed by atoms with van der Waals surface area (Å²) in [6.07, 6.45) is 71.1. The van der Waals surface area contributed by atoms with Crippen molar-refractivity contribution in [2.75, 3.05) is 13.2 Å². The molecule has 6 heteroatoms. The Balaban J connectivity index is 3.43. The lowest BCUT2D eigenvalue weighted by atomic mass is 10.0. The number of aliphatic hydroxyl groups excluding tert-OH is 2. The molecule has 0 rings (SSSR count). The van der Waals surface area contributed by atoms with Crippen LogP contribution in [0.15, 0.2) is 48.6 Å². The topological polar surface area (TPSA) is 95.9 Å². The maximum atomic E-state index is 12.4. The highest BCUT2D eigenvalue weighted by molar-refractivity contribution is 5.76. The first-order valence-corrected chi connectivity index (χ1v) is 29.4. The van der Waals surface area contributed by atoms with E-state index in [9.17, 15) is 19.8 Å². The summed E-state index contributed by atoms with van der Waals surface area (Å²) in [6.45, 7) is 4.90. The van der Waals surface area contributed by atoms with Crippen LogP contribution in [-0.4, -0.2) is 47.4 Å². The van der Waals surface area contributed by atoms with E-state index in [0.717, 1.165) is 57.8 Å². The molecule has 67 heavy (non-hydrogen) atoms. The zero-order chi connectivity index (χ0) is 48.6. The smallest absolute Gasteiger partial charge is 0.305 e. The molecule has 0 radical (unpaired) electrons. The predicted molar refractivity (Wildman–Crippen MR) is 292 cm³/mol. The Kier molecular flexibility index (Phi) is 54.6. The fourth-order valence-electron chi connectivity index (χ4n) is 8.82. The molecule has 0 bridgehead atoms. The predicted octanol–water partition coefficient (Wildman–Crippen LogP) is 18.2. The van der Waals surface area contributed by atoms with Crippen molar-refractivity contribution in [3.63, 3.8) is 0 Å². The van der Waals surface area contributed by atoms with Crippen molar-refractivity contribution in [3.05, 3.63) is 48.6 Å². The number of esters is 1. The average Bonchev–Trinajstić information content (AvgIpc) is 3.33. The van der Waals surface area contributed by atoms with E-state index in [1.54, 1.807) is 0 Å². The van der Waals surface area contributed by atoms with Gasteiger partial charge in [-0.05, 0) is 89.9 Å². The highest BCUT2D eigenvalue weighted by Crippen LogP contribution is 2.16. The van der Waals surface area contributed by atoms with E-state index in [0.29, 0.717) is 25.9 Å². The van der Waals surface area contributed by atoms with Crippen LogP contribution in [0, 0.1) is 0 Å². The van der Waals surface area contributed by atoms with Gasteiger partial charge in [0.2, 0.25) is 5.91 Å². The molecule has 0 saturated carbocycles. The van der Waals surface area contributed by atoms with Crippen LogP contribution >= 0.6 is 0 Å². The molecule has 0 aliphatic carbocycles. The first-order chi connectivity index (χ1) is 33.0. The number of unbranched alkanes of at least 4 members (excludes halogenated alkanes) is 35. The van der Waals surface area contributed by atoms with E-state index in [1.807, 2.05) is 0 Å². The average molecular weight is 941 g/mol. The second-order valence-corrected chi connectivity index (χ2v) is 20.0. The second kappa shape index (κ2) is 56.4. The number of ether oxygens (including phenoxy) is 1. The maximum absolute atomic E-state index is 12.4. The lowest BCUT2D eigenvalue weighted by Gasteiger charge is -2.22. The third-order valence-electron chi connectivity index (χ3n) is 13.4. The van der Waals surface area contributed by atoms with Crippen molar-refractivity contribution >= 4 is 11.9 Å². The highest BCUT2D eigenvalue weighted by atomic mass is 16.5. The first-order valence-electron chi connectivity index (χ1n) is 29.4. The molecule has 0 aliphatic rings. The van der Waals surface area contributed by atoms with E-state index in [1.165, 1.54) is 212 Å². The Hall–Kier alpha value is -2.18. The van der Waals surface area contributed by atoms with Crippen LogP contribution in [-0.2, 0) is 14.3 Å². The van der Waals surface area contributed by atoms with Crippen molar-refractivity contribution in [1.29, 1.82) is 0 Å². The first kappa shape index (κ1) is 64.8. The number of amides is 1.